The van der Waals surface area contributed by atoms with Gasteiger partial charge in [-0.25, -0.2) is 8.42 Å². The number of nitrogens with zero attached hydrogens (tertiary/aromatic N) is 2. The van der Waals surface area contributed by atoms with Crippen LogP contribution in [0, 0.1) is 0 Å². The maximum Gasteiger partial charge on any atom is 0.309 e. The van der Waals surface area contributed by atoms with Crippen molar-refractivity contribution in [3.63, 3.8) is 0 Å². The molecular formula is C19H27ClN4O6S. The molecule has 2 heterocycles. The molecular weight excluding hydrogens is 448 g/mol. The number of hydrogen-bond acceptors (Lipinski definition) is 7. The molecule has 0 unspecified atom stereocenters. The minimum Gasteiger partial charge on any atom is -0.379 e. The van der Waals surface area contributed by atoms with Crippen LogP contribution in [0.3, 0.4) is 0 Å². The highest BCUT2D eigenvalue weighted by Crippen LogP contribution is 2.23. The predicted molar refractivity (Wildman–Crippen MR) is 113 cm³/mol. The molecule has 1 atom stereocenters. The molecule has 172 valence electrons. The van der Waals surface area contributed by atoms with Gasteiger partial charge in [0.2, 0.25) is 10.0 Å². The van der Waals surface area contributed by atoms with Crippen molar-refractivity contribution in [2.45, 2.75) is 17.5 Å². The van der Waals surface area contributed by atoms with E-state index in [9.17, 15) is 18.0 Å². The third-order valence-electron chi connectivity index (χ3n) is 5.04. The molecule has 0 radical (unpaired) electrons. The number of ether oxygens (including phenoxy) is 2. The topological polar surface area (TPSA) is 117 Å². The van der Waals surface area contributed by atoms with Gasteiger partial charge in [-0.2, -0.15) is 4.31 Å². The van der Waals surface area contributed by atoms with Crippen LogP contribution in [0.2, 0.25) is 5.02 Å². The molecule has 0 saturated carbocycles. The van der Waals surface area contributed by atoms with Crippen molar-refractivity contribution in [3.05, 3.63) is 29.3 Å². The molecule has 2 aliphatic heterocycles. The number of carbonyl (C=O) groups excluding carboxylic acids is 2. The van der Waals surface area contributed by atoms with Crippen molar-refractivity contribution in [1.29, 1.82) is 0 Å². The van der Waals surface area contributed by atoms with Crippen molar-refractivity contribution in [1.82, 2.24) is 19.8 Å². The van der Waals surface area contributed by atoms with Crippen molar-refractivity contribution >= 4 is 33.4 Å². The Bertz CT molecular complexity index is 861. The standard InChI is InChI=1S/C19H27ClN4O6S/c20-15-2-4-16(5-3-15)31(27,28)24-7-1-11-30-17(24)14-22-19(26)18(25)21-6-8-23-9-12-29-13-10-23/h2-5,17H,1,6-14H2,(H,21,25)(H,22,26)/t17-/m0/s1. The second kappa shape index (κ2) is 11.2. The number of sulfonamides is 1. The first-order valence-corrected chi connectivity index (χ1v) is 11.9. The number of morpholine rings is 1. The van der Waals surface area contributed by atoms with Crippen LogP contribution < -0.4 is 10.6 Å². The predicted octanol–water partition coefficient (Wildman–Crippen LogP) is -0.358. The minimum atomic E-state index is -3.84. The Morgan fingerprint density at radius 1 is 1.03 bits per heavy atom. The van der Waals surface area contributed by atoms with Crippen molar-refractivity contribution in [2.24, 2.45) is 0 Å². The first-order valence-electron chi connectivity index (χ1n) is 10.1. The molecule has 0 bridgehead atoms. The van der Waals surface area contributed by atoms with Crippen LogP contribution in [0.5, 0.6) is 0 Å². The van der Waals surface area contributed by atoms with Gasteiger partial charge in [0.1, 0.15) is 6.23 Å². The highest BCUT2D eigenvalue weighted by molar-refractivity contribution is 7.89. The number of rotatable bonds is 7. The number of amides is 2. The van der Waals surface area contributed by atoms with Crippen molar-refractivity contribution in [2.75, 3.05) is 59.1 Å². The molecule has 1 aromatic rings. The van der Waals surface area contributed by atoms with Gasteiger partial charge in [0.05, 0.1) is 31.3 Å². The molecule has 3 rings (SSSR count). The van der Waals surface area contributed by atoms with Gasteiger partial charge < -0.3 is 20.1 Å². The fraction of sp³-hybridized carbons (Fsp3) is 0.579. The average Bonchev–Trinajstić information content (AvgIpc) is 2.78. The Balaban J connectivity index is 1.50. The molecule has 0 aromatic heterocycles. The van der Waals surface area contributed by atoms with E-state index in [1.807, 2.05) is 0 Å². The molecule has 12 heteroatoms. The van der Waals surface area contributed by atoms with E-state index in [0.717, 1.165) is 13.1 Å². The van der Waals surface area contributed by atoms with E-state index >= 15 is 0 Å². The maximum atomic E-state index is 13.0. The third-order valence-corrected chi connectivity index (χ3v) is 7.19. The van der Waals surface area contributed by atoms with E-state index < -0.39 is 28.1 Å². The van der Waals surface area contributed by atoms with E-state index in [2.05, 4.69) is 15.5 Å². The van der Waals surface area contributed by atoms with Gasteiger partial charge in [-0.1, -0.05) is 11.6 Å². The Labute approximate surface area is 186 Å². The largest absolute Gasteiger partial charge is 0.379 e. The van der Waals surface area contributed by atoms with Gasteiger partial charge in [-0.3, -0.25) is 14.5 Å². The van der Waals surface area contributed by atoms with Crippen molar-refractivity contribution < 1.29 is 27.5 Å². The van der Waals surface area contributed by atoms with E-state index in [-0.39, 0.29) is 18.0 Å². The van der Waals surface area contributed by atoms with Gasteiger partial charge in [0.25, 0.3) is 0 Å². The molecule has 10 nitrogen and oxygen atoms in total. The molecule has 31 heavy (non-hydrogen) atoms. The quantitative estimate of drug-likeness (QED) is 0.518. The van der Waals surface area contributed by atoms with Crippen LogP contribution in [0.4, 0.5) is 0 Å². The summed E-state index contributed by atoms with van der Waals surface area (Å²) >= 11 is 5.84. The number of hydrogen-bond donors (Lipinski definition) is 2. The highest BCUT2D eigenvalue weighted by atomic mass is 35.5. The van der Waals surface area contributed by atoms with Crippen LogP contribution in [-0.4, -0.2) is 94.8 Å². The molecule has 2 amide bonds. The van der Waals surface area contributed by atoms with Gasteiger partial charge >= 0.3 is 11.8 Å². The second-order valence-corrected chi connectivity index (χ2v) is 9.50. The Morgan fingerprint density at radius 3 is 2.42 bits per heavy atom. The summed E-state index contributed by atoms with van der Waals surface area (Å²) in [5.74, 6) is -1.60. The van der Waals surface area contributed by atoms with Gasteiger partial charge in [0.15, 0.2) is 0 Å². The van der Waals surface area contributed by atoms with Crippen LogP contribution in [0.15, 0.2) is 29.2 Å². The van der Waals surface area contributed by atoms with Crippen LogP contribution in [-0.2, 0) is 29.1 Å². The summed E-state index contributed by atoms with van der Waals surface area (Å²) in [5.41, 5.74) is 0. The van der Waals surface area contributed by atoms with Crippen LogP contribution >= 0.6 is 11.6 Å². The molecule has 2 saturated heterocycles. The first-order chi connectivity index (χ1) is 14.9. The van der Waals surface area contributed by atoms with Crippen LogP contribution in [0.1, 0.15) is 6.42 Å². The maximum absolute atomic E-state index is 13.0. The fourth-order valence-electron chi connectivity index (χ4n) is 3.34. The number of carbonyl (C=O) groups is 2. The normalized spacial score (nSPS) is 20.9. The summed E-state index contributed by atoms with van der Waals surface area (Å²) in [7, 11) is -3.84. The Morgan fingerprint density at radius 2 is 1.71 bits per heavy atom. The zero-order valence-electron chi connectivity index (χ0n) is 17.1. The minimum absolute atomic E-state index is 0.0829. The average molecular weight is 475 g/mol. The lowest BCUT2D eigenvalue weighted by molar-refractivity contribution is -0.140. The summed E-state index contributed by atoms with van der Waals surface area (Å²) in [4.78, 5) is 26.4. The summed E-state index contributed by atoms with van der Waals surface area (Å²) < 4.78 is 38.0. The number of nitrogens with one attached hydrogen (secondary N) is 2. The zero-order valence-corrected chi connectivity index (χ0v) is 18.7. The first kappa shape index (κ1) is 23.9. The monoisotopic (exact) mass is 474 g/mol. The molecule has 0 spiro atoms. The van der Waals surface area contributed by atoms with E-state index in [0.29, 0.717) is 44.4 Å². The lowest BCUT2D eigenvalue weighted by atomic mass is 10.3. The highest BCUT2D eigenvalue weighted by Gasteiger charge is 2.34. The van der Waals surface area contributed by atoms with Gasteiger partial charge in [-0.05, 0) is 30.7 Å². The lowest BCUT2D eigenvalue weighted by Crippen LogP contribution is -2.53. The second-order valence-electron chi connectivity index (χ2n) is 7.17. The summed E-state index contributed by atoms with van der Waals surface area (Å²) in [6, 6.07) is 5.84. The van der Waals surface area contributed by atoms with Crippen molar-refractivity contribution in [3.8, 4) is 0 Å². The summed E-state index contributed by atoms with van der Waals surface area (Å²) in [6.07, 6.45) is -0.376. The van der Waals surface area contributed by atoms with E-state index in [1.165, 1.54) is 28.6 Å². The lowest BCUT2D eigenvalue weighted by Gasteiger charge is -2.34. The number of benzene rings is 1. The molecule has 1 aromatic carbocycles. The molecule has 0 aliphatic carbocycles. The summed E-state index contributed by atoms with van der Waals surface area (Å²) in [5, 5.41) is 5.47. The number of halogens is 1. The zero-order chi connectivity index (χ0) is 22.3. The van der Waals surface area contributed by atoms with E-state index in [4.69, 9.17) is 21.1 Å². The molecule has 2 fully saturated rings. The van der Waals surface area contributed by atoms with Gasteiger partial charge in [0, 0.05) is 37.7 Å². The Hall–Kier alpha value is -1.76. The third kappa shape index (κ3) is 6.61. The SMILES string of the molecule is O=C(NCCN1CCOCC1)C(=O)NC[C@@H]1OCCCN1S(=O)(=O)c1ccc(Cl)cc1. The van der Waals surface area contributed by atoms with E-state index in [1.54, 1.807) is 0 Å². The van der Waals surface area contributed by atoms with Gasteiger partial charge in [-0.15, -0.1) is 0 Å². The smallest absolute Gasteiger partial charge is 0.309 e. The van der Waals surface area contributed by atoms with Crippen LogP contribution in [0.25, 0.3) is 0 Å². The Kier molecular flexibility index (Phi) is 8.64. The fourth-order valence-corrected chi connectivity index (χ4v) is 5.03. The molecule has 2 aliphatic rings. The molecule has 2 N–H and O–H groups in total. The summed E-state index contributed by atoms with van der Waals surface area (Å²) in [6.45, 7) is 4.33.